The molecule has 1 aromatic heterocycles. The summed E-state index contributed by atoms with van der Waals surface area (Å²) in [5.74, 6) is 0. The van der Waals surface area contributed by atoms with Crippen LogP contribution in [0.2, 0.25) is 10.0 Å². The Hall–Kier alpha value is -1.13. The van der Waals surface area contributed by atoms with Crippen LogP contribution in [0, 0.1) is 0 Å². The molecule has 3 aromatic rings. The molecule has 3 rings (SSSR count). The molecule has 1 N–H and O–H groups in total. The van der Waals surface area contributed by atoms with Crippen LogP contribution in [-0.4, -0.2) is 15.4 Å². The van der Waals surface area contributed by atoms with Gasteiger partial charge in [0.2, 0.25) is 0 Å². The number of aliphatic hydroxyl groups is 1. The largest absolute Gasteiger partial charge is 0.388 e. The summed E-state index contributed by atoms with van der Waals surface area (Å²) in [7, 11) is 0. The molecular weight excluding hydrogens is 385 g/mol. The topological polar surface area (TPSA) is 33.1 Å². The van der Waals surface area contributed by atoms with Gasteiger partial charge in [0.15, 0.2) is 0 Å². The summed E-state index contributed by atoms with van der Waals surface area (Å²) in [6.07, 6.45) is -0.613. The molecule has 2 nitrogen and oxygen atoms in total. The van der Waals surface area contributed by atoms with E-state index in [0.717, 1.165) is 27.7 Å². The Kier molecular flexibility index (Phi) is 4.69. The Labute approximate surface area is 146 Å². The van der Waals surface area contributed by atoms with Crippen LogP contribution in [0.1, 0.15) is 11.7 Å². The standard InChI is InChI=1S/C17H12BrCl2NO/c18-9-17(22)14-8-15(10-1-3-11(19)4-2-10)21-16-7-12(20)5-6-13(14)16/h1-8,17,22H,9H2/t17-/m0/s1. The summed E-state index contributed by atoms with van der Waals surface area (Å²) in [4.78, 5) is 4.66. The summed E-state index contributed by atoms with van der Waals surface area (Å²) < 4.78 is 0. The van der Waals surface area contributed by atoms with Gasteiger partial charge in [-0.25, -0.2) is 4.98 Å². The SMILES string of the molecule is O[C@@H](CBr)c1cc(-c2ccc(Cl)cc2)nc2cc(Cl)ccc12. The van der Waals surface area contributed by atoms with Crippen LogP contribution in [0.25, 0.3) is 22.2 Å². The van der Waals surface area contributed by atoms with Crippen molar-refractivity contribution < 1.29 is 5.11 Å². The van der Waals surface area contributed by atoms with Gasteiger partial charge in [0, 0.05) is 26.3 Å². The molecule has 0 aliphatic rings. The van der Waals surface area contributed by atoms with Crippen LogP contribution >= 0.6 is 39.1 Å². The van der Waals surface area contributed by atoms with Gasteiger partial charge in [-0.2, -0.15) is 0 Å². The highest BCUT2D eigenvalue weighted by atomic mass is 79.9. The first kappa shape index (κ1) is 15.8. The zero-order valence-electron chi connectivity index (χ0n) is 11.4. The van der Waals surface area contributed by atoms with Gasteiger partial charge in [0.05, 0.1) is 17.3 Å². The highest BCUT2D eigenvalue weighted by Gasteiger charge is 2.14. The van der Waals surface area contributed by atoms with Gasteiger partial charge in [-0.15, -0.1) is 0 Å². The van der Waals surface area contributed by atoms with E-state index in [2.05, 4.69) is 20.9 Å². The van der Waals surface area contributed by atoms with E-state index in [1.165, 1.54) is 0 Å². The number of halogens is 3. The summed E-state index contributed by atoms with van der Waals surface area (Å²) in [5.41, 5.74) is 3.30. The normalized spacial score (nSPS) is 12.5. The summed E-state index contributed by atoms with van der Waals surface area (Å²) in [6, 6.07) is 14.9. The van der Waals surface area contributed by atoms with E-state index in [-0.39, 0.29) is 0 Å². The lowest BCUT2D eigenvalue weighted by Gasteiger charge is -2.14. The van der Waals surface area contributed by atoms with Crippen LogP contribution in [-0.2, 0) is 0 Å². The number of pyridine rings is 1. The van der Waals surface area contributed by atoms with Crippen LogP contribution < -0.4 is 0 Å². The van der Waals surface area contributed by atoms with E-state index in [1.54, 1.807) is 12.1 Å². The number of hydrogen-bond acceptors (Lipinski definition) is 2. The van der Waals surface area contributed by atoms with Gasteiger partial charge in [-0.05, 0) is 35.9 Å². The molecule has 0 bridgehead atoms. The van der Waals surface area contributed by atoms with E-state index in [0.29, 0.717) is 15.4 Å². The average Bonchev–Trinajstić information content (AvgIpc) is 2.53. The Morgan fingerprint density at radius 2 is 1.68 bits per heavy atom. The number of nitrogens with zero attached hydrogens (tertiary/aromatic N) is 1. The highest BCUT2D eigenvalue weighted by Crippen LogP contribution is 2.31. The zero-order chi connectivity index (χ0) is 15.7. The van der Waals surface area contributed by atoms with Crippen molar-refractivity contribution in [3.63, 3.8) is 0 Å². The second-order valence-corrected chi connectivity index (χ2v) is 6.46. The highest BCUT2D eigenvalue weighted by molar-refractivity contribution is 9.09. The van der Waals surface area contributed by atoms with Crippen LogP contribution in [0.3, 0.4) is 0 Å². The third-order valence-corrected chi connectivity index (χ3v) is 4.55. The number of rotatable bonds is 3. The maximum absolute atomic E-state index is 10.3. The third-order valence-electron chi connectivity index (χ3n) is 3.45. The smallest absolute Gasteiger partial charge is 0.0894 e. The first-order valence-electron chi connectivity index (χ1n) is 6.68. The fourth-order valence-corrected chi connectivity index (χ4v) is 3.00. The Balaban J connectivity index is 2.25. The molecule has 0 amide bonds. The fraction of sp³-hybridized carbons (Fsp3) is 0.118. The van der Waals surface area contributed by atoms with E-state index in [1.807, 2.05) is 36.4 Å². The minimum Gasteiger partial charge on any atom is -0.388 e. The van der Waals surface area contributed by atoms with Crippen molar-refractivity contribution in [1.82, 2.24) is 4.98 Å². The predicted octanol–water partition coefficient (Wildman–Crippen LogP) is 5.64. The second-order valence-electron chi connectivity index (χ2n) is 4.94. The van der Waals surface area contributed by atoms with Crippen molar-refractivity contribution in [3.05, 3.63) is 64.1 Å². The molecular formula is C17H12BrCl2NO. The van der Waals surface area contributed by atoms with E-state index >= 15 is 0 Å². The van der Waals surface area contributed by atoms with Crippen molar-refractivity contribution in [3.8, 4) is 11.3 Å². The van der Waals surface area contributed by atoms with Gasteiger partial charge in [-0.3, -0.25) is 0 Å². The molecule has 0 saturated heterocycles. The maximum Gasteiger partial charge on any atom is 0.0894 e. The quantitative estimate of drug-likeness (QED) is 0.581. The molecule has 0 radical (unpaired) electrons. The molecule has 112 valence electrons. The fourth-order valence-electron chi connectivity index (χ4n) is 2.36. The number of aliphatic hydroxyl groups excluding tert-OH is 1. The molecule has 0 aliphatic carbocycles. The predicted molar refractivity (Wildman–Crippen MR) is 96.0 cm³/mol. The number of benzene rings is 2. The Bertz CT molecular complexity index is 821. The molecule has 1 heterocycles. The number of fused-ring (bicyclic) bond motifs is 1. The molecule has 0 saturated carbocycles. The van der Waals surface area contributed by atoms with Gasteiger partial charge >= 0.3 is 0 Å². The van der Waals surface area contributed by atoms with Crippen molar-refractivity contribution in [2.45, 2.75) is 6.10 Å². The molecule has 2 aromatic carbocycles. The second kappa shape index (κ2) is 6.55. The average molecular weight is 397 g/mol. The lowest BCUT2D eigenvalue weighted by molar-refractivity contribution is 0.207. The lowest BCUT2D eigenvalue weighted by Crippen LogP contribution is -2.01. The maximum atomic E-state index is 10.3. The minimum atomic E-state index is -0.613. The first-order valence-corrected chi connectivity index (χ1v) is 8.56. The minimum absolute atomic E-state index is 0.453. The van der Waals surface area contributed by atoms with Gasteiger partial charge in [0.25, 0.3) is 0 Å². The summed E-state index contributed by atoms with van der Waals surface area (Å²) >= 11 is 15.3. The summed E-state index contributed by atoms with van der Waals surface area (Å²) in [5, 5.41) is 12.9. The third kappa shape index (κ3) is 3.13. The van der Waals surface area contributed by atoms with Crippen LogP contribution in [0.4, 0.5) is 0 Å². The Morgan fingerprint density at radius 1 is 1.00 bits per heavy atom. The van der Waals surface area contributed by atoms with Gasteiger partial charge < -0.3 is 5.11 Å². The van der Waals surface area contributed by atoms with E-state index in [9.17, 15) is 5.11 Å². The molecule has 0 aliphatic heterocycles. The van der Waals surface area contributed by atoms with Crippen LogP contribution in [0.5, 0.6) is 0 Å². The van der Waals surface area contributed by atoms with Gasteiger partial charge in [0.1, 0.15) is 0 Å². The van der Waals surface area contributed by atoms with Gasteiger partial charge in [-0.1, -0.05) is 57.3 Å². The Morgan fingerprint density at radius 3 is 2.36 bits per heavy atom. The summed E-state index contributed by atoms with van der Waals surface area (Å²) in [6.45, 7) is 0. The van der Waals surface area contributed by atoms with E-state index in [4.69, 9.17) is 23.2 Å². The first-order chi connectivity index (χ1) is 10.6. The van der Waals surface area contributed by atoms with Crippen molar-refractivity contribution in [1.29, 1.82) is 0 Å². The number of hydrogen-bond donors (Lipinski definition) is 1. The van der Waals surface area contributed by atoms with Crippen molar-refractivity contribution >= 4 is 50.0 Å². The van der Waals surface area contributed by atoms with Crippen LogP contribution in [0.15, 0.2) is 48.5 Å². The number of aromatic nitrogens is 1. The molecule has 22 heavy (non-hydrogen) atoms. The van der Waals surface area contributed by atoms with Crippen molar-refractivity contribution in [2.24, 2.45) is 0 Å². The number of alkyl halides is 1. The van der Waals surface area contributed by atoms with Crippen molar-refractivity contribution in [2.75, 3.05) is 5.33 Å². The molecule has 0 unspecified atom stereocenters. The molecule has 1 atom stereocenters. The zero-order valence-corrected chi connectivity index (χ0v) is 14.5. The molecule has 5 heteroatoms. The van der Waals surface area contributed by atoms with E-state index < -0.39 is 6.10 Å². The molecule has 0 fully saturated rings. The molecule has 0 spiro atoms. The monoisotopic (exact) mass is 395 g/mol. The lowest BCUT2D eigenvalue weighted by atomic mass is 10.0.